The predicted octanol–water partition coefficient (Wildman–Crippen LogP) is 0.929. The van der Waals surface area contributed by atoms with Crippen molar-refractivity contribution < 1.29 is 14.3 Å². The molecule has 1 aromatic heterocycles. The van der Waals surface area contributed by atoms with Gasteiger partial charge in [0.25, 0.3) is 5.56 Å². The Morgan fingerprint density at radius 1 is 1.07 bits per heavy atom. The minimum Gasteiger partial charge on any atom is -0.445 e. The van der Waals surface area contributed by atoms with Gasteiger partial charge in [-0.15, -0.1) is 5.10 Å². The molecule has 1 aliphatic heterocycles. The van der Waals surface area contributed by atoms with Gasteiger partial charge in [-0.1, -0.05) is 47.7 Å². The van der Waals surface area contributed by atoms with Crippen molar-refractivity contribution in [3.8, 4) is 0 Å². The molecule has 0 atom stereocenters. The van der Waals surface area contributed by atoms with E-state index in [0.717, 1.165) is 10.2 Å². The SMILES string of the molecule is O=C(NC1CN(C(=O)Cn2nnc3ccccc3c2=O)C1)OCc1ccccc1. The van der Waals surface area contributed by atoms with E-state index < -0.39 is 6.09 Å². The second-order valence-electron chi connectivity index (χ2n) is 6.77. The van der Waals surface area contributed by atoms with Gasteiger partial charge in [-0.05, 0) is 17.7 Å². The third-order valence-corrected chi connectivity index (χ3v) is 4.68. The molecule has 0 radical (unpaired) electrons. The Bertz CT molecular complexity index is 1090. The van der Waals surface area contributed by atoms with Crippen LogP contribution in [0.15, 0.2) is 59.4 Å². The van der Waals surface area contributed by atoms with Gasteiger partial charge in [0.05, 0.1) is 11.4 Å². The number of hydrogen-bond acceptors (Lipinski definition) is 6. The van der Waals surface area contributed by atoms with Crippen molar-refractivity contribution in [1.82, 2.24) is 25.2 Å². The van der Waals surface area contributed by atoms with Gasteiger partial charge in [0.15, 0.2) is 0 Å². The summed E-state index contributed by atoms with van der Waals surface area (Å²) in [7, 11) is 0. The van der Waals surface area contributed by atoms with E-state index in [0.29, 0.717) is 24.0 Å². The van der Waals surface area contributed by atoms with E-state index >= 15 is 0 Å². The van der Waals surface area contributed by atoms with E-state index in [1.54, 1.807) is 29.2 Å². The Labute approximate surface area is 165 Å². The molecule has 0 bridgehead atoms. The molecule has 0 unspecified atom stereocenters. The molecule has 2 aromatic carbocycles. The number of nitrogens with zero attached hydrogens (tertiary/aromatic N) is 4. The first-order valence-electron chi connectivity index (χ1n) is 9.17. The summed E-state index contributed by atoms with van der Waals surface area (Å²) in [6.45, 7) is 0.706. The monoisotopic (exact) mass is 393 g/mol. The molecule has 2 heterocycles. The number of amides is 2. The van der Waals surface area contributed by atoms with E-state index in [9.17, 15) is 14.4 Å². The molecular weight excluding hydrogens is 374 g/mol. The lowest BCUT2D eigenvalue weighted by Crippen LogP contribution is -2.61. The topological polar surface area (TPSA) is 106 Å². The molecule has 29 heavy (non-hydrogen) atoms. The van der Waals surface area contributed by atoms with Crippen LogP contribution in [-0.4, -0.2) is 51.0 Å². The summed E-state index contributed by atoms with van der Waals surface area (Å²) in [5, 5.41) is 10.9. The molecule has 1 fully saturated rings. The second kappa shape index (κ2) is 8.09. The van der Waals surface area contributed by atoms with E-state index in [-0.39, 0.29) is 30.7 Å². The first-order valence-corrected chi connectivity index (χ1v) is 9.17. The molecule has 0 aliphatic carbocycles. The first kappa shape index (κ1) is 18.6. The molecule has 2 amide bonds. The zero-order chi connectivity index (χ0) is 20.2. The Kier molecular flexibility index (Phi) is 5.19. The Morgan fingerprint density at radius 3 is 2.59 bits per heavy atom. The number of hydrogen-bond donors (Lipinski definition) is 1. The summed E-state index contributed by atoms with van der Waals surface area (Å²) in [5.74, 6) is -0.257. The average molecular weight is 393 g/mol. The molecule has 3 aromatic rings. The van der Waals surface area contributed by atoms with E-state index in [1.165, 1.54) is 0 Å². The van der Waals surface area contributed by atoms with E-state index in [1.807, 2.05) is 30.3 Å². The van der Waals surface area contributed by atoms with Crippen LogP contribution in [-0.2, 0) is 22.7 Å². The number of carbonyl (C=O) groups is 2. The summed E-state index contributed by atoms with van der Waals surface area (Å²) < 4.78 is 6.22. The van der Waals surface area contributed by atoms with Gasteiger partial charge in [-0.25, -0.2) is 9.48 Å². The number of alkyl carbamates (subject to hydrolysis) is 1. The summed E-state index contributed by atoms with van der Waals surface area (Å²) in [5.41, 5.74) is 1.03. The maximum absolute atomic E-state index is 12.4. The van der Waals surface area contributed by atoms with Gasteiger partial charge in [0.1, 0.15) is 18.7 Å². The van der Waals surface area contributed by atoms with Crippen molar-refractivity contribution in [2.75, 3.05) is 13.1 Å². The van der Waals surface area contributed by atoms with Gasteiger partial charge in [-0.3, -0.25) is 9.59 Å². The fourth-order valence-corrected chi connectivity index (χ4v) is 3.06. The van der Waals surface area contributed by atoms with Crippen LogP contribution in [0.4, 0.5) is 4.79 Å². The zero-order valence-electron chi connectivity index (χ0n) is 15.5. The van der Waals surface area contributed by atoms with E-state index in [4.69, 9.17) is 4.74 Å². The van der Waals surface area contributed by atoms with Crippen molar-refractivity contribution in [1.29, 1.82) is 0 Å². The zero-order valence-corrected chi connectivity index (χ0v) is 15.5. The molecular formula is C20H19N5O4. The first-order chi connectivity index (χ1) is 14.1. The fourth-order valence-electron chi connectivity index (χ4n) is 3.06. The quantitative estimate of drug-likeness (QED) is 0.691. The Morgan fingerprint density at radius 2 is 1.79 bits per heavy atom. The van der Waals surface area contributed by atoms with Gasteiger partial charge in [0.2, 0.25) is 5.91 Å². The minimum absolute atomic E-state index is 0.179. The van der Waals surface area contributed by atoms with Crippen LogP contribution in [0.3, 0.4) is 0 Å². The van der Waals surface area contributed by atoms with Crippen molar-refractivity contribution in [3.63, 3.8) is 0 Å². The van der Waals surface area contributed by atoms with Crippen LogP contribution in [0, 0.1) is 0 Å². The number of carbonyl (C=O) groups excluding carboxylic acids is 2. The number of benzene rings is 2. The lowest BCUT2D eigenvalue weighted by Gasteiger charge is -2.39. The highest BCUT2D eigenvalue weighted by Crippen LogP contribution is 2.10. The molecule has 1 N–H and O–H groups in total. The highest BCUT2D eigenvalue weighted by molar-refractivity contribution is 5.79. The third kappa shape index (κ3) is 4.23. The van der Waals surface area contributed by atoms with Crippen molar-refractivity contribution in [2.45, 2.75) is 19.2 Å². The van der Waals surface area contributed by atoms with Crippen LogP contribution >= 0.6 is 0 Å². The summed E-state index contributed by atoms with van der Waals surface area (Å²) in [6, 6.07) is 16.0. The number of likely N-dealkylation sites (tertiary alicyclic amines) is 1. The average Bonchev–Trinajstić information content (AvgIpc) is 2.72. The normalized spacial score (nSPS) is 13.7. The van der Waals surface area contributed by atoms with Crippen LogP contribution in [0.5, 0.6) is 0 Å². The number of aromatic nitrogens is 3. The van der Waals surface area contributed by atoms with Crippen LogP contribution < -0.4 is 10.9 Å². The highest BCUT2D eigenvalue weighted by Gasteiger charge is 2.32. The molecule has 148 valence electrons. The molecule has 1 saturated heterocycles. The third-order valence-electron chi connectivity index (χ3n) is 4.68. The standard InChI is InChI=1S/C20H19N5O4/c26-18(12-25-19(27)16-8-4-5-9-17(16)22-23-25)24-10-15(11-24)21-20(28)29-13-14-6-2-1-3-7-14/h1-9,15H,10-13H2,(H,21,28). The van der Waals surface area contributed by atoms with Crippen LogP contribution in [0.25, 0.3) is 10.9 Å². The van der Waals surface area contributed by atoms with Crippen LogP contribution in [0.1, 0.15) is 5.56 Å². The molecule has 4 rings (SSSR count). The van der Waals surface area contributed by atoms with Gasteiger partial charge in [-0.2, -0.15) is 0 Å². The van der Waals surface area contributed by atoms with Gasteiger partial charge >= 0.3 is 6.09 Å². The Balaban J connectivity index is 1.26. The van der Waals surface area contributed by atoms with Gasteiger partial charge in [0, 0.05) is 13.1 Å². The van der Waals surface area contributed by atoms with Crippen molar-refractivity contribution in [2.24, 2.45) is 0 Å². The van der Waals surface area contributed by atoms with Crippen molar-refractivity contribution in [3.05, 3.63) is 70.5 Å². The van der Waals surface area contributed by atoms with Gasteiger partial charge < -0.3 is 15.0 Å². The lowest BCUT2D eigenvalue weighted by molar-refractivity contribution is -0.136. The Hall–Kier alpha value is -3.75. The predicted molar refractivity (Wildman–Crippen MR) is 104 cm³/mol. The highest BCUT2D eigenvalue weighted by atomic mass is 16.5. The van der Waals surface area contributed by atoms with E-state index in [2.05, 4.69) is 15.6 Å². The van der Waals surface area contributed by atoms with Crippen molar-refractivity contribution >= 4 is 22.9 Å². The maximum Gasteiger partial charge on any atom is 0.407 e. The summed E-state index contributed by atoms with van der Waals surface area (Å²) in [6.07, 6.45) is -0.525. The molecule has 0 saturated carbocycles. The minimum atomic E-state index is -0.525. The number of nitrogens with one attached hydrogen (secondary N) is 1. The van der Waals surface area contributed by atoms with Crippen LogP contribution in [0.2, 0.25) is 0 Å². The molecule has 9 nitrogen and oxygen atoms in total. The molecule has 0 spiro atoms. The number of rotatable bonds is 5. The largest absolute Gasteiger partial charge is 0.445 e. The number of ether oxygens (including phenoxy) is 1. The summed E-state index contributed by atoms with van der Waals surface area (Å²) >= 11 is 0. The lowest BCUT2D eigenvalue weighted by atomic mass is 10.1. The smallest absolute Gasteiger partial charge is 0.407 e. The maximum atomic E-state index is 12.4. The fraction of sp³-hybridized carbons (Fsp3) is 0.250. The molecule has 9 heteroatoms. The molecule has 1 aliphatic rings. The summed E-state index contributed by atoms with van der Waals surface area (Å²) in [4.78, 5) is 38.2. The second-order valence-corrected chi connectivity index (χ2v) is 6.77. The number of fused-ring (bicyclic) bond motifs is 1.